The quantitative estimate of drug-likeness (QED) is 0.737. The van der Waals surface area contributed by atoms with Gasteiger partial charge in [-0.25, -0.2) is 4.79 Å². The van der Waals surface area contributed by atoms with E-state index in [0.29, 0.717) is 24.1 Å². The molecule has 0 saturated carbocycles. The SMILES string of the molecule is CC[C@@H]1CC(Br)c2cc(C(F)(F)F)ccc2N1C(=O)O. The molecule has 1 aromatic rings. The molecule has 1 heterocycles. The van der Waals surface area contributed by atoms with Crippen LogP contribution in [0.2, 0.25) is 0 Å². The molecule has 0 radical (unpaired) electrons. The molecule has 0 fully saturated rings. The summed E-state index contributed by atoms with van der Waals surface area (Å²) in [6, 6.07) is 2.95. The van der Waals surface area contributed by atoms with Crippen molar-refractivity contribution in [2.75, 3.05) is 4.90 Å². The Morgan fingerprint density at radius 1 is 1.50 bits per heavy atom. The molecule has 2 atom stereocenters. The Morgan fingerprint density at radius 2 is 2.15 bits per heavy atom. The summed E-state index contributed by atoms with van der Waals surface area (Å²) in [6.45, 7) is 1.86. The van der Waals surface area contributed by atoms with Gasteiger partial charge in [-0.1, -0.05) is 22.9 Å². The van der Waals surface area contributed by atoms with E-state index in [-0.39, 0.29) is 10.9 Å². The van der Waals surface area contributed by atoms with Crippen molar-refractivity contribution in [3.63, 3.8) is 0 Å². The molecular formula is C13H13BrF3NO2. The molecule has 0 bridgehead atoms. The zero-order chi connectivity index (χ0) is 15.1. The lowest BCUT2D eigenvalue weighted by atomic mass is 9.93. The van der Waals surface area contributed by atoms with Gasteiger partial charge < -0.3 is 5.11 Å². The molecule has 2 rings (SSSR count). The summed E-state index contributed by atoms with van der Waals surface area (Å²) in [5.41, 5.74) is -0.0709. The predicted molar refractivity (Wildman–Crippen MR) is 72.3 cm³/mol. The smallest absolute Gasteiger partial charge is 0.416 e. The molecule has 7 heteroatoms. The molecule has 1 unspecified atom stereocenters. The summed E-state index contributed by atoms with van der Waals surface area (Å²) < 4.78 is 38.2. The summed E-state index contributed by atoms with van der Waals surface area (Å²) in [7, 11) is 0. The number of carboxylic acid groups (broad SMARTS) is 1. The van der Waals surface area contributed by atoms with Crippen molar-refractivity contribution < 1.29 is 23.1 Å². The van der Waals surface area contributed by atoms with Crippen molar-refractivity contribution in [3.8, 4) is 0 Å². The van der Waals surface area contributed by atoms with Crippen LogP contribution in [0.3, 0.4) is 0 Å². The fraction of sp³-hybridized carbons (Fsp3) is 0.462. The fourth-order valence-electron chi connectivity index (χ4n) is 2.48. The standard InChI is InChI=1S/C13H13BrF3NO2/c1-2-8-6-10(14)9-5-7(13(15,16)17)3-4-11(9)18(8)12(19)20/h3-5,8,10H,2,6H2,1H3,(H,19,20)/t8-,10?/m1/s1. The van der Waals surface area contributed by atoms with Gasteiger partial charge in [-0.2, -0.15) is 13.2 Å². The molecule has 0 aromatic heterocycles. The number of rotatable bonds is 1. The van der Waals surface area contributed by atoms with E-state index >= 15 is 0 Å². The third kappa shape index (κ3) is 2.63. The number of hydrogen-bond acceptors (Lipinski definition) is 1. The van der Waals surface area contributed by atoms with Crippen LogP contribution in [0, 0.1) is 0 Å². The van der Waals surface area contributed by atoms with E-state index < -0.39 is 17.8 Å². The average Bonchev–Trinajstić information content (AvgIpc) is 2.36. The summed E-state index contributed by atoms with van der Waals surface area (Å²) in [4.78, 5) is 12.2. The average molecular weight is 352 g/mol. The Bertz CT molecular complexity index is 533. The van der Waals surface area contributed by atoms with E-state index in [0.717, 1.165) is 17.0 Å². The van der Waals surface area contributed by atoms with Crippen LogP contribution in [0.1, 0.15) is 35.7 Å². The number of amides is 1. The van der Waals surface area contributed by atoms with Gasteiger partial charge in [-0.05, 0) is 36.6 Å². The molecule has 3 nitrogen and oxygen atoms in total. The molecule has 1 aliphatic heterocycles. The second-order valence-corrected chi connectivity index (χ2v) is 5.79. The van der Waals surface area contributed by atoms with Crippen molar-refractivity contribution >= 4 is 27.7 Å². The second-order valence-electron chi connectivity index (χ2n) is 4.69. The molecule has 1 N–H and O–H groups in total. The monoisotopic (exact) mass is 351 g/mol. The second kappa shape index (κ2) is 5.27. The molecular weight excluding hydrogens is 339 g/mol. The van der Waals surface area contributed by atoms with Gasteiger partial charge in [0.1, 0.15) is 0 Å². The Balaban J connectivity index is 2.54. The number of anilines is 1. The molecule has 110 valence electrons. The largest absolute Gasteiger partial charge is 0.465 e. The first-order valence-corrected chi connectivity index (χ1v) is 7.04. The van der Waals surface area contributed by atoms with Crippen LogP contribution in [0.25, 0.3) is 0 Å². The molecule has 0 aliphatic carbocycles. The van der Waals surface area contributed by atoms with Crippen LogP contribution in [0.15, 0.2) is 18.2 Å². The van der Waals surface area contributed by atoms with Crippen LogP contribution in [0.5, 0.6) is 0 Å². The molecule has 1 aliphatic rings. The molecule has 20 heavy (non-hydrogen) atoms. The first-order chi connectivity index (χ1) is 9.25. The minimum absolute atomic E-state index is 0.235. The van der Waals surface area contributed by atoms with Gasteiger partial charge >= 0.3 is 12.3 Å². The number of alkyl halides is 4. The van der Waals surface area contributed by atoms with E-state index in [2.05, 4.69) is 15.9 Å². The minimum Gasteiger partial charge on any atom is -0.465 e. The number of fused-ring (bicyclic) bond motifs is 1. The van der Waals surface area contributed by atoms with Gasteiger partial charge in [-0.3, -0.25) is 4.90 Å². The summed E-state index contributed by atoms with van der Waals surface area (Å²) in [5.74, 6) is 0. The van der Waals surface area contributed by atoms with Gasteiger partial charge in [0.2, 0.25) is 0 Å². The summed E-state index contributed by atoms with van der Waals surface area (Å²) >= 11 is 3.36. The lowest BCUT2D eigenvalue weighted by molar-refractivity contribution is -0.137. The van der Waals surface area contributed by atoms with Gasteiger partial charge in [0.05, 0.1) is 11.3 Å². The number of hydrogen-bond donors (Lipinski definition) is 1. The van der Waals surface area contributed by atoms with Gasteiger partial charge in [-0.15, -0.1) is 0 Å². The predicted octanol–water partition coefficient (Wildman–Crippen LogP) is 4.81. The number of nitrogens with zero attached hydrogens (tertiary/aromatic N) is 1. The number of carbonyl (C=O) groups is 1. The Labute approximate surface area is 122 Å². The Hall–Kier alpha value is -1.24. The van der Waals surface area contributed by atoms with Crippen LogP contribution < -0.4 is 4.90 Å². The maximum Gasteiger partial charge on any atom is 0.416 e. The lowest BCUT2D eigenvalue weighted by Crippen LogP contribution is -2.43. The van der Waals surface area contributed by atoms with E-state index in [9.17, 15) is 23.1 Å². The van der Waals surface area contributed by atoms with Crippen LogP contribution in [-0.2, 0) is 6.18 Å². The Morgan fingerprint density at radius 3 is 2.65 bits per heavy atom. The van der Waals surface area contributed by atoms with Crippen molar-refractivity contribution in [2.45, 2.75) is 36.8 Å². The molecule has 0 saturated heterocycles. The normalized spacial score (nSPS) is 22.6. The number of benzene rings is 1. The fourth-order valence-corrected chi connectivity index (χ4v) is 3.28. The maximum atomic E-state index is 12.7. The number of halogens is 4. The van der Waals surface area contributed by atoms with Crippen LogP contribution >= 0.6 is 15.9 Å². The molecule has 1 aromatic carbocycles. The zero-order valence-corrected chi connectivity index (χ0v) is 12.2. The van der Waals surface area contributed by atoms with Crippen molar-refractivity contribution in [1.29, 1.82) is 0 Å². The van der Waals surface area contributed by atoms with E-state index in [1.165, 1.54) is 6.07 Å². The maximum absolute atomic E-state index is 12.7. The van der Waals surface area contributed by atoms with E-state index in [1.807, 2.05) is 6.92 Å². The van der Waals surface area contributed by atoms with Crippen molar-refractivity contribution in [2.24, 2.45) is 0 Å². The lowest BCUT2D eigenvalue weighted by Gasteiger charge is -2.37. The first-order valence-electron chi connectivity index (χ1n) is 6.13. The Kier molecular flexibility index (Phi) is 4.00. The zero-order valence-electron chi connectivity index (χ0n) is 10.6. The third-order valence-corrected chi connectivity index (χ3v) is 4.34. The summed E-state index contributed by atoms with van der Waals surface area (Å²) in [5, 5.41) is 9.29. The van der Waals surface area contributed by atoms with Crippen LogP contribution in [0.4, 0.5) is 23.7 Å². The highest BCUT2D eigenvalue weighted by molar-refractivity contribution is 9.09. The van der Waals surface area contributed by atoms with Gasteiger partial charge in [0.25, 0.3) is 0 Å². The topological polar surface area (TPSA) is 40.5 Å². The first kappa shape index (κ1) is 15.2. The highest BCUT2D eigenvalue weighted by Gasteiger charge is 2.37. The van der Waals surface area contributed by atoms with Crippen molar-refractivity contribution in [3.05, 3.63) is 29.3 Å². The van der Waals surface area contributed by atoms with Gasteiger partial charge in [0.15, 0.2) is 0 Å². The van der Waals surface area contributed by atoms with Gasteiger partial charge in [0, 0.05) is 10.9 Å². The molecule has 0 spiro atoms. The van der Waals surface area contributed by atoms with Crippen LogP contribution in [-0.4, -0.2) is 17.2 Å². The highest BCUT2D eigenvalue weighted by Crippen LogP contribution is 2.44. The van der Waals surface area contributed by atoms with Crippen molar-refractivity contribution in [1.82, 2.24) is 0 Å². The van der Waals surface area contributed by atoms with E-state index in [1.54, 1.807) is 0 Å². The summed E-state index contributed by atoms with van der Waals surface area (Å²) in [6.07, 6.45) is -4.51. The minimum atomic E-state index is -4.43. The highest BCUT2D eigenvalue weighted by atomic mass is 79.9. The third-order valence-electron chi connectivity index (χ3n) is 3.47. The van der Waals surface area contributed by atoms with E-state index in [4.69, 9.17) is 0 Å². The molecule has 1 amide bonds.